The number of carbonyl (C=O) groups is 1. The van der Waals surface area contributed by atoms with E-state index in [-0.39, 0.29) is 5.78 Å². The fraction of sp³-hybridized carbons (Fsp3) is 0.154. The van der Waals surface area contributed by atoms with Crippen LogP contribution in [-0.4, -0.2) is 25.3 Å². The zero-order valence-corrected chi connectivity index (χ0v) is 10.6. The molecule has 0 fully saturated rings. The van der Waals surface area contributed by atoms with Crippen LogP contribution in [0.1, 0.15) is 17.3 Å². The van der Waals surface area contributed by atoms with Crippen molar-refractivity contribution in [1.29, 1.82) is 0 Å². The number of fused-ring (bicyclic) bond motifs is 1. The third kappa shape index (κ3) is 1.87. The van der Waals surface area contributed by atoms with Gasteiger partial charge in [-0.1, -0.05) is 0 Å². The number of benzene rings is 1. The molecule has 96 valence electrons. The Morgan fingerprint density at radius 3 is 2.79 bits per heavy atom. The second-order valence-electron chi connectivity index (χ2n) is 4.47. The lowest BCUT2D eigenvalue weighted by Crippen LogP contribution is -1.92. The van der Waals surface area contributed by atoms with E-state index in [0.717, 1.165) is 11.0 Å². The normalized spacial score (nSPS) is 11.1. The maximum absolute atomic E-state index is 11.4. The molecule has 0 radical (unpaired) electrons. The fourth-order valence-corrected chi connectivity index (χ4v) is 2.04. The van der Waals surface area contributed by atoms with E-state index < -0.39 is 0 Å². The highest BCUT2D eigenvalue weighted by Crippen LogP contribution is 2.21. The van der Waals surface area contributed by atoms with E-state index in [1.165, 1.54) is 6.92 Å². The molecule has 0 aliphatic carbocycles. The van der Waals surface area contributed by atoms with E-state index >= 15 is 0 Å². The first-order chi connectivity index (χ1) is 9.04. The van der Waals surface area contributed by atoms with Gasteiger partial charge in [-0.05, 0) is 25.1 Å². The van der Waals surface area contributed by atoms with Crippen LogP contribution in [-0.2, 0) is 7.05 Å². The van der Waals surface area contributed by atoms with E-state index in [0.29, 0.717) is 23.0 Å². The van der Waals surface area contributed by atoms with Crippen LogP contribution in [0.2, 0.25) is 0 Å². The molecule has 19 heavy (non-hydrogen) atoms. The summed E-state index contributed by atoms with van der Waals surface area (Å²) in [5, 5.41) is 0. The standard InChI is InChI=1S/C13H13N5O/c1-7(19)8-3-4-9-10(5-8)16-12(15-9)13-17-11(14)6-18(13)2/h3-6H,14H2,1-2H3,(H,15,16). The number of imidazole rings is 2. The average molecular weight is 255 g/mol. The van der Waals surface area contributed by atoms with Crippen molar-refractivity contribution >= 4 is 22.6 Å². The van der Waals surface area contributed by atoms with Crippen molar-refractivity contribution in [2.24, 2.45) is 7.05 Å². The van der Waals surface area contributed by atoms with Gasteiger partial charge in [-0.15, -0.1) is 0 Å². The Morgan fingerprint density at radius 1 is 1.37 bits per heavy atom. The SMILES string of the molecule is CC(=O)c1ccc2nc(-c3nc(N)cn3C)[nH]c2c1. The Hall–Kier alpha value is -2.63. The number of anilines is 1. The summed E-state index contributed by atoms with van der Waals surface area (Å²) < 4.78 is 1.80. The van der Waals surface area contributed by atoms with Crippen LogP contribution in [0, 0.1) is 0 Å². The third-order valence-electron chi connectivity index (χ3n) is 3.00. The van der Waals surface area contributed by atoms with Gasteiger partial charge in [0.05, 0.1) is 11.0 Å². The summed E-state index contributed by atoms with van der Waals surface area (Å²) >= 11 is 0. The van der Waals surface area contributed by atoms with Crippen molar-refractivity contribution < 1.29 is 4.79 Å². The summed E-state index contributed by atoms with van der Waals surface area (Å²) in [6.45, 7) is 1.54. The number of nitrogen functional groups attached to an aromatic ring is 1. The Balaban J connectivity index is 2.16. The van der Waals surface area contributed by atoms with Crippen LogP contribution in [0.5, 0.6) is 0 Å². The molecule has 0 bridgehead atoms. The monoisotopic (exact) mass is 255 g/mol. The summed E-state index contributed by atoms with van der Waals surface area (Å²) in [5.74, 6) is 1.77. The van der Waals surface area contributed by atoms with Crippen LogP contribution in [0.25, 0.3) is 22.7 Å². The molecule has 0 atom stereocenters. The number of hydrogen-bond acceptors (Lipinski definition) is 4. The summed E-state index contributed by atoms with van der Waals surface area (Å²) in [4.78, 5) is 23.2. The van der Waals surface area contributed by atoms with E-state index in [4.69, 9.17) is 5.73 Å². The van der Waals surface area contributed by atoms with E-state index in [1.54, 1.807) is 22.9 Å². The lowest BCUT2D eigenvalue weighted by atomic mass is 10.1. The average Bonchev–Trinajstić information content (AvgIpc) is 2.90. The third-order valence-corrected chi connectivity index (χ3v) is 3.00. The van der Waals surface area contributed by atoms with Gasteiger partial charge in [0.25, 0.3) is 0 Å². The number of aromatic amines is 1. The number of H-pyrrole nitrogens is 1. The minimum atomic E-state index is 0.0271. The van der Waals surface area contributed by atoms with Gasteiger partial charge < -0.3 is 15.3 Å². The van der Waals surface area contributed by atoms with Gasteiger partial charge in [0.15, 0.2) is 17.4 Å². The maximum Gasteiger partial charge on any atom is 0.178 e. The van der Waals surface area contributed by atoms with Crippen LogP contribution < -0.4 is 5.73 Å². The number of nitrogens with one attached hydrogen (secondary N) is 1. The van der Waals surface area contributed by atoms with Gasteiger partial charge in [-0.25, -0.2) is 9.97 Å². The second kappa shape index (κ2) is 3.94. The molecule has 1 aromatic carbocycles. The van der Waals surface area contributed by atoms with Crippen LogP contribution in [0.15, 0.2) is 24.4 Å². The Bertz CT molecular complexity index is 784. The predicted molar refractivity (Wildman–Crippen MR) is 72.7 cm³/mol. The summed E-state index contributed by atoms with van der Waals surface area (Å²) in [7, 11) is 1.85. The molecule has 0 aliphatic rings. The van der Waals surface area contributed by atoms with E-state index in [9.17, 15) is 4.79 Å². The molecule has 0 amide bonds. The molecular weight excluding hydrogens is 242 g/mol. The minimum absolute atomic E-state index is 0.0271. The highest BCUT2D eigenvalue weighted by atomic mass is 16.1. The summed E-state index contributed by atoms with van der Waals surface area (Å²) in [5.41, 5.74) is 7.91. The largest absolute Gasteiger partial charge is 0.382 e. The Labute approximate surface area is 109 Å². The van der Waals surface area contributed by atoms with Gasteiger partial charge in [0.1, 0.15) is 5.82 Å². The topological polar surface area (TPSA) is 89.6 Å². The number of ketones is 1. The number of rotatable bonds is 2. The first-order valence-electron chi connectivity index (χ1n) is 5.84. The molecule has 0 saturated carbocycles. The number of carbonyl (C=O) groups excluding carboxylic acids is 1. The van der Waals surface area contributed by atoms with E-state index in [2.05, 4.69) is 15.0 Å². The van der Waals surface area contributed by atoms with Crippen molar-refractivity contribution in [3.63, 3.8) is 0 Å². The first-order valence-corrected chi connectivity index (χ1v) is 5.84. The second-order valence-corrected chi connectivity index (χ2v) is 4.47. The van der Waals surface area contributed by atoms with Gasteiger partial charge in [0, 0.05) is 18.8 Å². The lowest BCUT2D eigenvalue weighted by molar-refractivity contribution is 0.101. The highest BCUT2D eigenvalue weighted by molar-refractivity contribution is 5.97. The molecule has 6 nitrogen and oxygen atoms in total. The number of nitrogens with two attached hydrogens (primary N) is 1. The van der Waals surface area contributed by atoms with Crippen molar-refractivity contribution in [2.75, 3.05) is 5.73 Å². The maximum atomic E-state index is 11.4. The fourth-order valence-electron chi connectivity index (χ4n) is 2.04. The molecule has 3 rings (SSSR count). The number of aromatic nitrogens is 4. The zero-order chi connectivity index (χ0) is 13.6. The molecule has 0 saturated heterocycles. The van der Waals surface area contributed by atoms with Crippen molar-refractivity contribution in [1.82, 2.24) is 19.5 Å². The first kappa shape index (κ1) is 11.5. The van der Waals surface area contributed by atoms with E-state index in [1.807, 2.05) is 13.1 Å². The van der Waals surface area contributed by atoms with Crippen LogP contribution in [0.4, 0.5) is 5.82 Å². The number of hydrogen-bond donors (Lipinski definition) is 2. The van der Waals surface area contributed by atoms with Gasteiger partial charge in [-0.3, -0.25) is 4.79 Å². The molecule has 2 aromatic heterocycles. The summed E-state index contributed by atoms with van der Waals surface area (Å²) in [6, 6.07) is 5.38. The molecule has 3 N–H and O–H groups in total. The van der Waals surface area contributed by atoms with Gasteiger partial charge in [-0.2, -0.15) is 0 Å². The van der Waals surface area contributed by atoms with Gasteiger partial charge >= 0.3 is 0 Å². The summed E-state index contributed by atoms with van der Waals surface area (Å²) in [6.07, 6.45) is 1.73. The highest BCUT2D eigenvalue weighted by Gasteiger charge is 2.12. The number of Topliss-reactive ketones (excluding diaryl/α,β-unsaturated/α-hetero) is 1. The van der Waals surface area contributed by atoms with Crippen LogP contribution >= 0.6 is 0 Å². The Morgan fingerprint density at radius 2 is 2.16 bits per heavy atom. The molecule has 0 spiro atoms. The van der Waals surface area contributed by atoms with Crippen molar-refractivity contribution in [3.8, 4) is 11.6 Å². The molecular formula is C13H13N5O. The molecule has 0 unspecified atom stereocenters. The van der Waals surface area contributed by atoms with Crippen LogP contribution in [0.3, 0.4) is 0 Å². The number of nitrogens with zero attached hydrogens (tertiary/aromatic N) is 3. The molecule has 0 aliphatic heterocycles. The quantitative estimate of drug-likeness (QED) is 0.682. The molecule has 6 heteroatoms. The number of aryl methyl sites for hydroxylation is 1. The Kier molecular flexibility index (Phi) is 2.38. The lowest BCUT2D eigenvalue weighted by Gasteiger charge is -1.95. The van der Waals surface area contributed by atoms with Gasteiger partial charge in [0.2, 0.25) is 0 Å². The molecule has 3 aromatic rings. The molecule has 2 heterocycles. The van der Waals surface area contributed by atoms with Crippen molar-refractivity contribution in [2.45, 2.75) is 6.92 Å². The smallest absolute Gasteiger partial charge is 0.178 e. The minimum Gasteiger partial charge on any atom is -0.382 e. The van der Waals surface area contributed by atoms with Crippen molar-refractivity contribution in [3.05, 3.63) is 30.0 Å². The zero-order valence-electron chi connectivity index (χ0n) is 10.6. The predicted octanol–water partition coefficient (Wildman–Crippen LogP) is 1.75.